The van der Waals surface area contributed by atoms with E-state index in [1.54, 1.807) is 4.90 Å². The van der Waals surface area contributed by atoms with E-state index < -0.39 is 17.6 Å². The molecule has 0 bridgehead atoms. The van der Waals surface area contributed by atoms with Gasteiger partial charge in [-0.25, -0.2) is 18.4 Å². The Morgan fingerprint density at radius 2 is 1.76 bits per heavy atom. The summed E-state index contributed by atoms with van der Waals surface area (Å²) in [6, 6.07) is 7.01. The van der Waals surface area contributed by atoms with Gasteiger partial charge in [0.25, 0.3) is 0 Å². The van der Waals surface area contributed by atoms with E-state index in [1.165, 1.54) is 29.2 Å². The summed E-state index contributed by atoms with van der Waals surface area (Å²) in [5, 5.41) is 8.85. The monoisotopic (exact) mass is 423 g/mol. The highest BCUT2D eigenvalue weighted by molar-refractivity contribution is 6.31. The summed E-state index contributed by atoms with van der Waals surface area (Å²) in [6.45, 7) is 2.25. The number of nitrogens with zero attached hydrogens (tertiary/aromatic N) is 3. The molecule has 2 aromatic rings. The van der Waals surface area contributed by atoms with Crippen molar-refractivity contribution in [2.75, 3.05) is 38.1 Å². The van der Waals surface area contributed by atoms with E-state index in [2.05, 4.69) is 4.90 Å². The van der Waals surface area contributed by atoms with Crippen LogP contribution >= 0.6 is 11.6 Å². The number of likely N-dealkylation sites (N-methyl/N-ethyl adjacent to an activating group) is 1. The van der Waals surface area contributed by atoms with Crippen molar-refractivity contribution in [3.05, 3.63) is 64.2 Å². The molecular weight excluding hydrogens is 404 g/mol. The van der Waals surface area contributed by atoms with Crippen molar-refractivity contribution in [1.29, 1.82) is 0 Å². The maximum Gasteiger partial charge on any atom is 0.335 e. The van der Waals surface area contributed by atoms with E-state index >= 15 is 0 Å². The van der Waals surface area contributed by atoms with Crippen LogP contribution in [0.4, 0.5) is 19.3 Å². The number of urea groups is 1. The molecule has 0 aliphatic carbocycles. The van der Waals surface area contributed by atoms with Crippen molar-refractivity contribution < 1.29 is 23.5 Å². The first-order chi connectivity index (χ1) is 13.8. The quantitative estimate of drug-likeness (QED) is 0.814. The smallest absolute Gasteiger partial charge is 0.335 e. The van der Waals surface area contributed by atoms with Gasteiger partial charge in [-0.3, -0.25) is 4.90 Å². The number of hydrogen-bond acceptors (Lipinski definition) is 3. The molecule has 154 valence electrons. The number of anilines is 1. The number of carboxylic acid groups (broad SMARTS) is 1. The average molecular weight is 424 g/mol. The minimum atomic E-state index is -1.24. The number of amides is 2. The number of carbonyl (C=O) groups excluding carboxylic acids is 1. The van der Waals surface area contributed by atoms with Gasteiger partial charge in [0.15, 0.2) is 0 Å². The summed E-state index contributed by atoms with van der Waals surface area (Å²) in [5.41, 5.74) is 0.271. The summed E-state index contributed by atoms with van der Waals surface area (Å²) >= 11 is 5.88. The molecule has 2 aromatic carbocycles. The second-order valence-corrected chi connectivity index (χ2v) is 7.28. The minimum absolute atomic E-state index is 0.137. The Bertz CT molecular complexity index is 933. The zero-order chi connectivity index (χ0) is 21.1. The van der Waals surface area contributed by atoms with Crippen molar-refractivity contribution in [3.63, 3.8) is 0 Å². The van der Waals surface area contributed by atoms with Crippen molar-refractivity contribution in [3.8, 4) is 0 Å². The molecule has 1 aliphatic heterocycles. The third kappa shape index (κ3) is 4.83. The third-order valence-electron chi connectivity index (χ3n) is 4.85. The van der Waals surface area contributed by atoms with Crippen LogP contribution in [0.5, 0.6) is 0 Å². The zero-order valence-corrected chi connectivity index (χ0v) is 16.5. The molecule has 0 unspecified atom stereocenters. The summed E-state index contributed by atoms with van der Waals surface area (Å²) in [6.07, 6.45) is 0. The number of carboxylic acids is 1. The van der Waals surface area contributed by atoms with Crippen LogP contribution in [0.1, 0.15) is 15.9 Å². The number of benzene rings is 2. The molecule has 2 amide bonds. The third-order valence-corrected chi connectivity index (χ3v) is 5.14. The number of aromatic carboxylic acids is 1. The molecule has 29 heavy (non-hydrogen) atoms. The number of hydrogen-bond donors (Lipinski definition) is 1. The zero-order valence-electron chi connectivity index (χ0n) is 15.7. The molecule has 0 radical (unpaired) electrons. The van der Waals surface area contributed by atoms with Crippen LogP contribution in [0.3, 0.4) is 0 Å². The predicted molar refractivity (Wildman–Crippen MR) is 105 cm³/mol. The lowest BCUT2D eigenvalue weighted by molar-refractivity contribution is 0.0696. The first-order valence-corrected chi connectivity index (χ1v) is 9.36. The lowest BCUT2D eigenvalue weighted by atomic mass is 10.1. The van der Waals surface area contributed by atoms with Crippen molar-refractivity contribution >= 4 is 29.3 Å². The summed E-state index contributed by atoms with van der Waals surface area (Å²) in [5.74, 6) is -2.61. The summed E-state index contributed by atoms with van der Waals surface area (Å²) in [7, 11) is 1.96. The lowest BCUT2D eigenvalue weighted by Gasteiger charge is -2.36. The predicted octanol–water partition coefficient (Wildman–Crippen LogP) is 3.69. The van der Waals surface area contributed by atoms with Crippen LogP contribution in [0.2, 0.25) is 5.02 Å². The second-order valence-electron chi connectivity index (χ2n) is 6.87. The van der Waals surface area contributed by atoms with Crippen LogP contribution in [-0.4, -0.2) is 60.1 Å². The van der Waals surface area contributed by atoms with Gasteiger partial charge in [-0.2, -0.15) is 0 Å². The normalized spacial score (nSPS) is 14.7. The van der Waals surface area contributed by atoms with Gasteiger partial charge in [0, 0.05) is 37.4 Å². The molecule has 3 rings (SSSR count). The molecule has 9 heteroatoms. The topological polar surface area (TPSA) is 64.1 Å². The highest BCUT2D eigenvalue weighted by Gasteiger charge is 2.26. The molecule has 1 heterocycles. The highest BCUT2D eigenvalue weighted by Crippen LogP contribution is 2.26. The van der Waals surface area contributed by atoms with Gasteiger partial charge in [0.2, 0.25) is 0 Å². The van der Waals surface area contributed by atoms with Crippen LogP contribution < -0.4 is 4.90 Å². The Morgan fingerprint density at radius 1 is 1.07 bits per heavy atom. The highest BCUT2D eigenvalue weighted by atomic mass is 35.5. The molecule has 0 saturated carbocycles. The Kier molecular flexibility index (Phi) is 6.34. The fraction of sp³-hybridized carbons (Fsp3) is 0.300. The molecule has 0 spiro atoms. The summed E-state index contributed by atoms with van der Waals surface area (Å²) < 4.78 is 28.1. The number of rotatable bonds is 4. The van der Waals surface area contributed by atoms with E-state index in [1.807, 2.05) is 7.05 Å². The Balaban J connectivity index is 1.93. The van der Waals surface area contributed by atoms with E-state index in [0.717, 1.165) is 12.1 Å². The largest absolute Gasteiger partial charge is 0.478 e. The SMILES string of the molecule is CN1CCN(C(=O)N(Cc2ccc(C(=O)O)cc2F)c2ccc(F)c(Cl)c2)CC1. The summed E-state index contributed by atoms with van der Waals surface area (Å²) in [4.78, 5) is 29.2. The minimum Gasteiger partial charge on any atom is -0.478 e. The van der Waals surface area contributed by atoms with Gasteiger partial charge in [-0.1, -0.05) is 17.7 Å². The maximum atomic E-state index is 14.5. The van der Waals surface area contributed by atoms with Gasteiger partial charge in [0.05, 0.1) is 17.1 Å². The van der Waals surface area contributed by atoms with Crippen molar-refractivity contribution in [2.45, 2.75) is 6.54 Å². The van der Waals surface area contributed by atoms with Crippen molar-refractivity contribution in [1.82, 2.24) is 9.80 Å². The van der Waals surface area contributed by atoms with Gasteiger partial charge in [0.1, 0.15) is 11.6 Å². The van der Waals surface area contributed by atoms with Crippen LogP contribution in [0.15, 0.2) is 36.4 Å². The van der Waals surface area contributed by atoms with Crippen LogP contribution in [0, 0.1) is 11.6 Å². The molecular formula is C20H20ClF2N3O3. The fourth-order valence-corrected chi connectivity index (χ4v) is 3.24. The Morgan fingerprint density at radius 3 is 2.34 bits per heavy atom. The van der Waals surface area contributed by atoms with E-state index in [0.29, 0.717) is 31.9 Å². The molecule has 1 saturated heterocycles. The second kappa shape index (κ2) is 8.75. The van der Waals surface area contributed by atoms with Gasteiger partial charge < -0.3 is 14.9 Å². The van der Waals surface area contributed by atoms with E-state index in [9.17, 15) is 18.4 Å². The Labute approximate surface area is 171 Å². The van der Waals surface area contributed by atoms with Crippen LogP contribution in [-0.2, 0) is 6.54 Å². The van der Waals surface area contributed by atoms with E-state index in [-0.39, 0.29) is 28.7 Å². The van der Waals surface area contributed by atoms with Gasteiger partial charge in [-0.05, 0) is 37.4 Å². The van der Waals surface area contributed by atoms with Crippen molar-refractivity contribution in [2.24, 2.45) is 0 Å². The van der Waals surface area contributed by atoms with E-state index in [4.69, 9.17) is 16.7 Å². The number of halogens is 3. The van der Waals surface area contributed by atoms with Gasteiger partial charge in [-0.15, -0.1) is 0 Å². The fourth-order valence-electron chi connectivity index (χ4n) is 3.07. The van der Waals surface area contributed by atoms with Crippen LogP contribution in [0.25, 0.3) is 0 Å². The number of piperazine rings is 1. The molecule has 0 aromatic heterocycles. The molecule has 1 N–H and O–H groups in total. The molecule has 1 fully saturated rings. The first-order valence-electron chi connectivity index (χ1n) is 8.98. The lowest BCUT2D eigenvalue weighted by Crippen LogP contribution is -2.52. The molecule has 0 atom stereocenters. The Hall–Kier alpha value is -2.71. The standard InChI is InChI=1S/C20H20ClF2N3O3/c1-24-6-8-25(9-7-24)20(29)26(15-4-5-17(22)16(21)11-15)12-14-3-2-13(19(27)28)10-18(14)23/h2-5,10-11H,6-9,12H2,1H3,(H,27,28). The average Bonchev–Trinajstić information content (AvgIpc) is 2.69. The molecule has 1 aliphatic rings. The number of carbonyl (C=O) groups is 2. The van der Waals surface area contributed by atoms with Gasteiger partial charge >= 0.3 is 12.0 Å². The molecule has 6 nitrogen and oxygen atoms in total. The maximum absolute atomic E-state index is 14.5. The first kappa shape index (κ1) is 21.0.